The Labute approximate surface area is 154 Å². The van der Waals surface area contributed by atoms with E-state index >= 15 is 0 Å². The van der Waals surface area contributed by atoms with Crippen LogP contribution in [0.25, 0.3) is 0 Å². The van der Waals surface area contributed by atoms with Gasteiger partial charge in [-0.3, -0.25) is 4.79 Å². The second-order valence-corrected chi connectivity index (χ2v) is 6.94. The molecule has 2 aromatic rings. The third-order valence-corrected chi connectivity index (χ3v) is 5.00. The van der Waals surface area contributed by atoms with Crippen LogP contribution >= 0.6 is 0 Å². The Hall–Kier alpha value is -1.49. The third-order valence-electron chi connectivity index (χ3n) is 5.00. The molecule has 1 heterocycles. The molecule has 2 aromatic carbocycles. The molecular weight excluding hydrogens is 366 g/mol. The molecule has 0 saturated carbocycles. The number of nitrogens with zero attached hydrogens (tertiary/aromatic N) is 1. The molecule has 4 heteroatoms. The molecule has 0 aromatic heterocycles. The van der Waals surface area contributed by atoms with E-state index in [9.17, 15) is 9.90 Å². The second kappa shape index (κ2) is 7.60. The molecular formula is C20H24BrNO2. The average molecular weight is 390 g/mol. The highest BCUT2D eigenvalue weighted by Gasteiger charge is 2.44. The van der Waals surface area contributed by atoms with Gasteiger partial charge in [0.1, 0.15) is 12.1 Å². The first-order valence-corrected chi connectivity index (χ1v) is 8.21. The maximum Gasteiger partial charge on any atom is 0.194 e. The number of hydrogen-bond donors (Lipinski definition) is 1. The molecule has 3 nitrogen and oxygen atoms in total. The number of Topliss-reactive ketones (excluding diaryl/α,β-unsaturated/α-hetero) is 1. The van der Waals surface area contributed by atoms with E-state index in [-0.39, 0.29) is 22.8 Å². The third kappa shape index (κ3) is 4.12. The summed E-state index contributed by atoms with van der Waals surface area (Å²) in [6.45, 7) is 2.56. The fourth-order valence-corrected chi connectivity index (χ4v) is 3.41. The summed E-state index contributed by atoms with van der Waals surface area (Å²) in [5.41, 5.74) is 0.694. The highest BCUT2D eigenvalue weighted by Crippen LogP contribution is 2.30. The number of hydrogen-bond acceptors (Lipinski definition) is 2. The van der Waals surface area contributed by atoms with Crippen LogP contribution < -0.4 is 17.0 Å². The van der Waals surface area contributed by atoms with Crippen LogP contribution in [0.15, 0.2) is 60.7 Å². The Bertz CT molecular complexity index is 665. The molecule has 1 fully saturated rings. The Morgan fingerprint density at radius 1 is 1.00 bits per heavy atom. The molecule has 0 aliphatic carbocycles. The Morgan fingerprint density at radius 2 is 1.50 bits per heavy atom. The smallest absolute Gasteiger partial charge is 0.194 e. The molecule has 0 amide bonds. The zero-order chi connectivity index (χ0) is 16.3. The largest absolute Gasteiger partial charge is 1.00 e. The van der Waals surface area contributed by atoms with Crippen LogP contribution in [0.1, 0.15) is 28.8 Å². The van der Waals surface area contributed by atoms with Gasteiger partial charge in [-0.25, -0.2) is 0 Å². The summed E-state index contributed by atoms with van der Waals surface area (Å²) < 4.78 is 0.869. The minimum Gasteiger partial charge on any atom is -1.00 e. The van der Waals surface area contributed by atoms with E-state index < -0.39 is 5.60 Å². The number of benzene rings is 2. The molecule has 1 aliphatic heterocycles. The number of likely N-dealkylation sites (tertiary alicyclic amines) is 1. The lowest BCUT2D eigenvalue weighted by molar-refractivity contribution is -0.928. The zero-order valence-electron chi connectivity index (χ0n) is 14.0. The lowest BCUT2D eigenvalue weighted by Gasteiger charge is -2.43. The molecule has 3 rings (SSSR count). The summed E-state index contributed by atoms with van der Waals surface area (Å²) >= 11 is 0. The van der Waals surface area contributed by atoms with Gasteiger partial charge in [-0.15, -0.1) is 0 Å². The van der Waals surface area contributed by atoms with Crippen molar-refractivity contribution in [1.29, 1.82) is 0 Å². The Balaban J connectivity index is 0.00000208. The number of quaternary nitrogens is 1. The van der Waals surface area contributed by atoms with Crippen molar-refractivity contribution in [2.45, 2.75) is 25.0 Å². The SMILES string of the molecule is C[N+]1(Cc2ccccc2)CCC(O)(C(=O)c2ccccc2)CC1.[Br-]. The number of aliphatic hydroxyl groups is 1. The van der Waals surface area contributed by atoms with Crippen molar-refractivity contribution in [1.82, 2.24) is 0 Å². The minimum atomic E-state index is -1.21. The second-order valence-electron chi connectivity index (χ2n) is 6.94. The lowest BCUT2D eigenvalue weighted by Crippen LogP contribution is -3.00. The van der Waals surface area contributed by atoms with Gasteiger partial charge in [0.25, 0.3) is 0 Å². The number of carbonyl (C=O) groups is 1. The monoisotopic (exact) mass is 389 g/mol. The minimum absolute atomic E-state index is 0. The van der Waals surface area contributed by atoms with Gasteiger partial charge in [-0.2, -0.15) is 0 Å². The molecule has 1 aliphatic rings. The van der Waals surface area contributed by atoms with Gasteiger partial charge in [0.15, 0.2) is 5.78 Å². The molecule has 1 N–H and O–H groups in total. The number of piperidine rings is 1. The van der Waals surface area contributed by atoms with Crippen molar-refractivity contribution in [3.05, 3.63) is 71.8 Å². The van der Waals surface area contributed by atoms with Crippen LogP contribution in [0.4, 0.5) is 0 Å². The quantitative estimate of drug-likeness (QED) is 0.592. The predicted molar refractivity (Wildman–Crippen MR) is 91.0 cm³/mol. The summed E-state index contributed by atoms with van der Waals surface area (Å²) in [7, 11) is 2.21. The number of rotatable bonds is 4. The van der Waals surface area contributed by atoms with Gasteiger partial charge >= 0.3 is 0 Å². The van der Waals surface area contributed by atoms with Gasteiger partial charge in [0.2, 0.25) is 0 Å². The van der Waals surface area contributed by atoms with Crippen LogP contribution in [0.5, 0.6) is 0 Å². The molecule has 0 atom stereocenters. The number of carbonyl (C=O) groups excluding carboxylic acids is 1. The molecule has 128 valence electrons. The fraction of sp³-hybridized carbons (Fsp3) is 0.350. The Morgan fingerprint density at radius 3 is 2.04 bits per heavy atom. The number of ketones is 1. The predicted octanol–water partition coefficient (Wildman–Crippen LogP) is 0.0450. The molecule has 0 spiro atoms. The van der Waals surface area contributed by atoms with Crippen molar-refractivity contribution in [2.75, 3.05) is 20.1 Å². The lowest BCUT2D eigenvalue weighted by atomic mass is 9.83. The average Bonchev–Trinajstić information content (AvgIpc) is 2.59. The van der Waals surface area contributed by atoms with E-state index in [0.29, 0.717) is 18.4 Å². The molecule has 0 unspecified atom stereocenters. The van der Waals surface area contributed by atoms with Crippen LogP contribution in [0, 0.1) is 0 Å². The maximum atomic E-state index is 12.6. The Kier molecular flexibility index (Phi) is 5.97. The van der Waals surface area contributed by atoms with Gasteiger partial charge in [-0.05, 0) is 0 Å². The fourth-order valence-electron chi connectivity index (χ4n) is 3.41. The molecule has 24 heavy (non-hydrogen) atoms. The molecule has 1 saturated heterocycles. The number of halogens is 1. The van der Waals surface area contributed by atoms with Crippen molar-refractivity contribution in [2.24, 2.45) is 0 Å². The summed E-state index contributed by atoms with van der Waals surface area (Å²) in [6, 6.07) is 19.6. The first-order valence-electron chi connectivity index (χ1n) is 8.21. The zero-order valence-corrected chi connectivity index (χ0v) is 15.6. The molecule has 0 radical (unpaired) electrons. The van der Waals surface area contributed by atoms with E-state index in [1.165, 1.54) is 5.56 Å². The summed E-state index contributed by atoms with van der Waals surface area (Å²) in [5, 5.41) is 10.8. The van der Waals surface area contributed by atoms with Crippen molar-refractivity contribution in [3.8, 4) is 0 Å². The van der Waals surface area contributed by atoms with Crippen molar-refractivity contribution < 1.29 is 31.4 Å². The highest BCUT2D eigenvalue weighted by molar-refractivity contribution is 6.02. The van der Waals surface area contributed by atoms with Crippen molar-refractivity contribution >= 4 is 5.78 Å². The van der Waals surface area contributed by atoms with E-state index in [1.54, 1.807) is 12.1 Å². The summed E-state index contributed by atoms with van der Waals surface area (Å²) in [5.74, 6) is -0.135. The van der Waals surface area contributed by atoms with E-state index in [4.69, 9.17) is 0 Å². The summed E-state index contributed by atoms with van der Waals surface area (Å²) in [6.07, 6.45) is 1.04. The normalized spacial score (nSPS) is 26.4. The van der Waals surface area contributed by atoms with Crippen LogP contribution in [-0.4, -0.2) is 41.1 Å². The van der Waals surface area contributed by atoms with Gasteiger partial charge in [0.05, 0.1) is 20.1 Å². The topological polar surface area (TPSA) is 37.3 Å². The van der Waals surface area contributed by atoms with Gasteiger partial charge in [0, 0.05) is 24.0 Å². The van der Waals surface area contributed by atoms with Crippen LogP contribution in [0.2, 0.25) is 0 Å². The first kappa shape index (κ1) is 18.8. The van der Waals surface area contributed by atoms with E-state index in [1.807, 2.05) is 24.3 Å². The van der Waals surface area contributed by atoms with Gasteiger partial charge in [-0.1, -0.05) is 60.7 Å². The maximum absolute atomic E-state index is 12.6. The first-order chi connectivity index (χ1) is 11.0. The van der Waals surface area contributed by atoms with E-state index in [0.717, 1.165) is 24.1 Å². The summed E-state index contributed by atoms with van der Waals surface area (Å²) in [4.78, 5) is 12.6. The molecule has 0 bridgehead atoms. The van der Waals surface area contributed by atoms with E-state index in [2.05, 4.69) is 31.3 Å². The van der Waals surface area contributed by atoms with Gasteiger partial charge < -0.3 is 26.6 Å². The van der Waals surface area contributed by atoms with Crippen molar-refractivity contribution in [3.63, 3.8) is 0 Å². The van der Waals surface area contributed by atoms with Crippen LogP contribution in [-0.2, 0) is 6.54 Å². The highest BCUT2D eigenvalue weighted by atomic mass is 79.9. The van der Waals surface area contributed by atoms with Crippen LogP contribution in [0.3, 0.4) is 0 Å². The standard InChI is InChI=1S/C20H24NO2.BrH/c1-21(16-17-8-4-2-5-9-17)14-12-20(23,13-15-21)19(22)18-10-6-3-7-11-18;/h2-11,23H,12-16H2,1H3;1H/q+1;/p-1.